The molecule has 0 aromatic rings. The molecule has 1 aliphatic carbocycles. The van der Waals surface area contributed by atoms with E-state index in [9.17, 15) is 5.11 Å². The van der Waals surface area contributed by atoms with Crippen LogP contribution in [-0.2, 0) is 4.74 Å². The zero-order chi connectivity index (χ0) is 8.06. The minimum atomic E-state index is -0.560. The molecule has 1 spiro atoms. The highest BCUT2D eigenvalue weighted by molar-refractivity contribution is 5.10. The van der Waals surface area contributed by atoms with Gasteiger partial charge in [-0.1, -0.05) is 6.58 Å². The first-order chi connectivity index (χ1) is 5.13. The molecular formula is C8H12O3. The number of aliphatic hydroxyl groups is 2. The monoisotopic (exact) mass is 156 g/mol. The number of hydrogen-bond acceptors (Lipinski definition) is 3. The van der Waals surface area contributed by atoms with E-state index >= 15 is 0 Å². The molecule has 2 rings (SSSR count). The Labute approximate surface area is 65.3 Å². The van der Waals surface area contributed by atoms with Gasteiger partial charge in [0.2, 0.25) is 0 Å². The molecule has 3 nitrogen and oxygen atoms in total. The molecule has 0 aromatic heterocycles. The third-order valence-electron chi connectivity index (χ3n) is 2.44. The normalized spacial score (nSPS) is 39.4. The SMILES string of the molecule is C=C(O)C1OC2(CC2)C[C@H]1O. The lowest BCUT2D eigenvalue weighted by atomic mass is 10.1. The van der Waals surface area contributed by atoms with Crippen LogP contribution in [0.1, 0.15) is 19.3 Å². The molecule has 0 radical (unpaired) electrons. The Morgan fingerprint density at radius 2 is 2.18 bits per heavy atom. The number of hydrogen-bond donors (Lipinski definition) is 2. The van der Waals surface area contributed by atoms with Crippen molar-refractivity contribution >= 4 is 0 Å². The second-order valence-electron chi connectivity index (χ2n) is 3.48. The second-order valence-corrected chi connectivity index (χ2v) is 3.48. The molecule has 1 heterocycles. The molecular weight excluding hydrogens is 144 g/mol. The smallest absolute Gasteiger partial charge is 0.140 e. The minimum absolute atomic E-state index is 0.0544. The van der Waals surface area contributed by atoms with E-state index in [2.05, 4.69) is 6.58 Å². The third-order valence-corrected chi connectivity index (χ3v) is 2.44. The quantitative estimate of drug-likeness (QED) is 0.550. The maximum Gasteiger partial charge on any atom is 0.140 e. The summed E-state index contributed by atoms with van der Waals surface area (Å²) in [4.78, 5) is 0. The second kappa shape index (κ2) is 1.99. The van der Waals surface area contributed by atoms with Crippen molar-refractivity contribution in [3.05, 3.63) is 12.3 Å². The first-order valence-corrected chi connectivity index (χ1v) is 3.87. The number of aliphatic hydroxyl groups excluding tert-OH is 2. The first kappa shape index (κ1) is 7.13. The van der Waals surface area contributed by atoms with E-state index in [0.29, 0.717) is 6.42 Å². The maximum atomic E-state index is 9.39. The van der Waals surface area contributed by atoms with Gasteiger partial charge in [-0.05, 0) is 12.8 Å². The zero-order valence-corrected chi connectivity index (χ0v) is 6.29. The molecule has 2 N–H and O–H groups in total. The van der Waals surface area contributed by atoms with Gasteiger partial charge in [-0.15, -0.1) is 0 Å². The molecule has 0 bridgehead atoms. The fourth-order valence-electron chi connectivity index (χ4n) is 1.64. The molecule has 62 valence electrons. The van der Waals surface area contributed by atoms with Gasteiger partial charge in [0.25, 0.3) is 0 Å². The first-order valence-electron chi connectivity index (χ1n) is 3.87. The van der Waals surface area contributed by atoms with Crippen molar-refractivity contribution < 1.29 is 14.9 Å². The largest absolute Gasteiger partial charge is 0.510 e. The third kappa shape index (κ3) is 1.04. The number of ether oxygens (including phenoxy) is 1. The van der Waals surface area contributed by atoms with Gasteiger partial charge in [-0.2, -0.15) is 0 Å². The zero-order valence-electron chi connectivity index (χ0n) is 6.29. The summed E-state index contributed by atoms with van der Waals surface area (Å²) in [7, 11) is 0. The fraction of sp³-hybridized carbons (Fsp3) is 0.750. The van der Waals surface area contributed by atoms with Crippen LogP contribution in [0.15, 0.2) is 12.3 Å². The Kier molecular flexibility index (Phi) is 1.29. The Hall–Kier alpha value is -0.540. The van der Waals surface area contributed by atoms with Crippen LogP contribution >= 0.6 is 0 Å². The van der Waals surface area contributed by atoms with Crippen molar-refractivity contribution in [2.24, 2.45) is 0 Å². The predicted molar refractivity (Wildman–Crippen MR) is 39.2 cm³/mol. The fourth-order valence-corrected chi connectivity index (χ4v) is 1.64. The summed E-state index contributed by atoms with van der Waals surface area (Å²) >= 11 is 0. The van der Waals surface area contributed by atoms with Gasteiger partial charge in [0.1, 0.15) is 11.9 Å². The topological polar surface area (TPSA) is 49.7 Å². The van der Waals surface area contributed by atoms with Crippen molar-refractivity contribution in [3.63, 3.8) is 0 Å². The lowest BCUT2D eigenvalue weighted by molar-refractivity contribution is -0.000337. The van der Waals surface area contributed by atoms with Gasteiger partial charge < -0.3 is 14.9 Å². The van der Waals surface area contributed by atoms with Gasteiger partial charge in [0.05, 0.1) is 11.7 Å². The van der Waals surface area contributed by atoms with Gasteiger partial charge in [-0.3, -0.25) is 0 Å². The van der Waals surface area contributed by atoms with E-state index in [1.54, 1.807) is 0 Å². The Morgan fingerprint density at radius 1 is 1.55 bits per heavy atom. The average molecular weight is 156 g/mol. The summed E-state index contributed by atoms with van der Waals surface area (Å²) in [5, 5.41) is 18.4. The number of rotatable bonds is 1. The highest BCUT2D eigenvalue weighted by Gasteiger charge is 2.54. The molecule has 0 aromatic carbocycles. The van der Waals surface area contributed by atoms with Crippen LogP contribution in [0.3, 0.4) is 0 Å². The summed E-state index contributed by atoms with van der Waals surface area (Å²) in [5.41, 5.74) is -0.101. The van der Waals surface area contributed by atoms with Gasteiger partial charge in [-0.25, -0.2) is 0 Å². The maximum absolute atomic E-state index is 9.39. The van der Waals surface area contributed by atoms with E-state index in [4.69, 9.17) is 9.84 Å². The molecule has 1 aliphatic heterocycles. The minimum Gasteiger partial charge on any atom is -0.510 e. The van der Waals surface area contributed by atoms with Crippen LogP contribution in [0.5, 0.6) is 0 Å². The Balaban J connectivity index is 2.08. The summed E-state index contributed by atoms with van der Waals surface area (Å²) in [6.07, 6.45) is 1.56. The molecule has 2 atom stereocenters. The summed E-state index contributed by atoms with van der Waals surface area (Å²) in [6.45, 7) is 3.35. The van der Waals surface area contributed by atoms with Gasteiger partial charge in [0, 0.05) is 6.42 Å². The summed E-state index contributed by atoms with van der Waals surface area (Å²) < 4.78 is 5.43. The molecule has 0 amide bonds. The van der Waals surface area contributed by atoms with Crippen LogP contribution in [0.4, 0.5) is 0 Å². The van der Waals surface area contributed by atoms with Crippen LogP contribution in [0.25, 0.3) is 0 Å². The van der Waals surface area contributed by atoms with Crippen molar-refractivity contribution in [2.45, 2.75) is 37.1 Å². The Morgan fingerprint density at radius 3 is 2.45 bits per heavy atom. The van der Waals surface area contributed by atoms with E-state index < -0.39 is 12.2 Å². The van der Waals surface area contributed by atoms with Crippen molar-refractivity contribution in [1.29, 1.82) is 0 Å². The van der Waals surface area contributed by atoms with Gasteiger partial charge >= 0.3 is 0 Å². The lowest BCUT2D eigenvalue weighted by Gasteiger charge is -2.11. The van der Waals surface area contributed by atoms with E-state index in [-0.39, 0.29) is 11.4 Å². The highest BCUT2D eigenvalue weighted by Crippen LogP contribution is 2.50. The van der Waals surface area contributed by atoms with Crippen molar-refractivity contribution in [1.82, 2.24) is 0 Å². The van der Waals surface area contributed by atoms with Gasteiger partial charge in [0.15, 0.2) is 0 Å². The predicted octanol–water partition coefficient (Wildman–Crippen LogP) is 0.740. The molecule has 11 heavy (non-hydrogen) atoms. The summed E-state index contributed by atoms with van der Waals surface area (Å²) in [6, 6.07) is 0. The molecule has 1 saturated carbocycles. The lowest BCUT2D eigenvalue weighted by Crippen LogP contribution is -2.22. The Bertz CT molecular complexity index is 196. The average Bonchev–Trinajstić information content (AvgIpc) is 2.54. The van der Waals surface area contributed by atoms with Crippen LogP contribution in [0.2, 0.25) is 0 Å². The van der Waals surface area contributed by atoms with E-state index in [1.807, 2.05) is 0 Å². The highest BCUT2D eigenvalue weighted by atomic mass is 16.5. The summed E-state index contributed by atoms with van der Waals surface area (Å²) in [5.74, 6) is -0.0544. The van der Waals surface area contributed by atoms with Crippen molar-refractivity contribution in [2.75, 3.05) is 0 Å². The molecule has 1 saturated heterocycles. The van der Waals surface area contributed by atoms with Crippen LogP contribution in [-0.4, -0.2) is 28.0 Å². The van der Waals surface area contributed by atoms with Crippen LogP contribution in [0, 0.1) is 0 Å². The molecule has 3 heteroatoms. The standard InChI is InChI=1S/C8H12O3/c1-5(9)7-6(10)4-8(11-7)2-3-8/h6-7,9-10H,1-4H2/t6-,7?/m1/s1. The molecule has 1 unspecified atom stereocenters. The van der Waals surface area contributed by atoms with Crippen LogP contribution < -0.4 is 0 Å². The van der Waals surface area contributed by atoms with E-state index in [0.717, 1.165) is 12.8 Å². The van der Waals surface area contributed by atoms with E-state index in [1.165, 1.54) is 0 Å². The van der Waals surface area contributed by atoms with Crippen molar-refractivity contribution in [3.8, 4) is 0 Å². The molecule has 2 aliphatic rings. The molecule has 2 fully saturated rings.